The van der Waals surface area contributed by atoms with Crippen LogP contribution in [0.25, 0.3) is 24.3 Å². The van der Waals surface area contributed by atoms with Gasteiger partial charge in [0.1, 0.15) is 0 Å². The summed E-state index contributed by atoms with van der Waals surface area (Å²) in [4.78, 5) is 2.01. The lowest BCUT2D eigenvalue weighted by atomic mass is 10.1. The third-order valence-corrected chi connectivity index (χ3v) is 5.97. The van der Waals surface area contributed by atoms with Crippen molar-refractivity contribution in [3.63, 3.8) is 0 Å². The minimum atomic E-state index is -4.35. The van der Waals surface area contributed by atoms with Crippen LogP contribution in [0.3, 0.4) is 0 Å². The molecule has 0 spiro atoms. The maximum Gasteiger partial charge on any atom is 0.416 e. The summed E-state index contributed by atoms with van der Waals surface area (Å²) in [6.45, 7) is 0. The monoisotopic (exact) mass is 523 g/mol. The highest BCUT2D eigenvalue weighted by Crippen LogP contribution is 2.31. The normalized spacial score (nSPS) is 12.4. The maximum absolute atomic E-state index is 12.7. The minimum Gasteiger partial charge on any atom is -0.345 e. The van der Waals surface area contributed by atoms with Gasteiger partial charge in [-0.25, -0.2) is 0 Å². The summed E-state index contributed by atoms with van der Waals surface area (Å²) in [5, 5.41) is 0. The first-order valence-electron chi connectivity index (χ1n) is 11.6. The molecule has 0 heterocycles. The Morgan fingerprint density at radius 1 is 0.421 bits per heavy atom. The highest BCUT2D eigenvalue weighted by molar-refractivity contribution is 5.73. The average molecular weight is 524 g/mol. The van der Waals surface area contributed by atoms with Crippen LogP contribution in [0.2, 0.25) is 0 Å². The van der Waals surface area contributed by atoms with Crippen LogP contribution in [-0.2, 0) is 12.4 Å². The fraction of sp³-hybridized carbons (Fsp3) is 0.0968. The van der Waals surface area contributed by atoms with Gasteiger partial charge in [0.2, 0.25) is 0 Å². The SMILES string of the molecule is CN(c1ccc(/C=C/c2ccc(C(F)(F)F)cc2)cc1)c1ccc(/C=C/c2ccc(C(F)(F)F)cc2)cc1. The number of rotatable bonds is 6. The van der Waals surface area contributed by atoms with Crippen molar-refractivity contribution in [2.75, 3.05) is 11.9 Å². The van der Waals surface area contributed by atoms with E-state index in [1.807, 2.05) is 72.6 Å². The Morgan fingerprint density at radius 3 is 0.895 bits per heavy atom. The molecule has 0 saturated carbocycles. The van der Waals surface area contributed by atoms with Crippen LogP contribution < -0.4 is 4.90 Å². The molecule has 4 rings (SSSR count). The second-order valence-electron chi connectivity index (χ2n) is 8.65. The fourth-order valence-electron chi connectivity index (χ4n) is 3.72. The lowest BCUT2D eigenvalue weighted by Gasteiger charge is -2.20. The third kappa shape index (κ3) is 6.94. The first-order chi connectivity index (χ1) is 18.0. The largest absolute Gasteiger partial charge is 0.416 e. The zero-order valence-electron chi connectivity index (χ0n) is 20.3. The summed E-state index contributed by atoms with van der Waals surface area (Å²) in [6, 6.07) is 25.5. The molecule has 4 aromatic carbocycles. The molecular formula is C31H23F6N. The van der Waals surface area contributed by atoms with E-state index in [2.05, 4.69) is 0 Å². The van der Waals surface area contributed by atoms with Crippen LogP contribution in [0.4, 0.5) is 37.7 Å². The molecule has 1 nitrogen and oxygen atoms in total. The molecule has 7 heteroatoms. The lowest BCUT2D eigenvalue weighted by molar-refractivity contribution is -0.138. The Morgan fingerprint density at radius 2 is 0.658 bits per heavy atom. The first-order valence-corrected chi connectivity index (χ1v) is 11.6. The second-order valence-corrected chi connectivity index (χ2v) is 8.65. The summed E-state index contributed by atoms with van der Waals surface area (Å²) in [5.74, 6) is 0. The van der Waals surface area contributed by atoms with Gasteiger partial charge in [-0.2, -0.15) is 26.3 Å². The van der Waals surface area contributed by atoms with E-state index in [0.717, 1.165) is 46.8 Å². The zero-order valence-corrected chi connectivity index (χ0v) is 20.3. The van der Waals surface area contributed by atoms with E-state index in [4.69, 9.17) is 0 Å². The molecule has 0 bridgehead atoms. The van der Waals surface area contributed by atoms with Gasteiger partial charge in [0.05, 0.1) is 11.1 Å². The summed E-state index contributed by atoms with van der Waals surface area (Å²) in [5.41, 5.74) is 3.71. The van der Waals surface area contributed by atoms with Crippen molar-refractivity contribution in [1.29, 1.82) is 0 Å². The fourth-order valence-corrected chi connectivity index (χ4v) is 3.72. The molecule has 0 aliphatic rings. The quantitative estimate of drug-likeness (QED) is 0.180. The highest BCUT2D eigenvalue weighted by Gasteiger charge is 2.30. The van der Waals surface area contributed by atoms with Gasteiger partial charge < -0.3 is 4.90 Å². The van der Waals surface area contributed by atoms with Gasteiger partial charge in [-0.05, 0) is 70.8 Å². The smallest absolute Gasteiger partial charge is 0.345 e. The van der Waals surface area contributed by atoms with E-state index in [1.165, 1.54) is 24.3 Å². The summed E-state index contributed by atoms with van der Waals surface area (Å²) in [7, 11) is 1.93. The second kappa shape index (κ2) is 11.0. The zero-order chi connectivity index (χ0) is 27.3. The van der Waals surface area contributed by atoms with Crippen LogP contribution in [-0.4, -0.2) is 7.05 Å². The van der Waals surface area contributed by atoms with Crippen LogP contribution in [0.15, 0.2) is 97.1 Å². The molecule has 4 aromatic rings. The van der Waals surface area contributed by atoms with Gasteiger partial charge in [0.25, 0.3) is 0 Å². The molecule has 0 aromatic heterocycles. The number of benzene rings is 4. The van der Waals surface area contributed by atoms with Crippen molar-refractivity contribution in [1.82, 2.24) is 0 Å². The highest BCUT2D eigenvalue weighted by atomic mass is 19.4. The molecule has 0 radical (unpaired) electrons. The van der Waals surface area contributed by atoms with Crippen molar-refractivity contribution < 1.29 is 26.3 Å². The lowest BCUT2D eigenvalue weighted by Crippen LogP contribution is -2.08. The molecule has 0 saturated heterocycles. The number of anilines is 2. The maximum atomic E-state index is 12.7. The van der Waals surface area contributed by atoms with Gasteiger partial charge in [-0.1, -0.05) is 72.8 Å². The van der Waals surface area contributed by atoms with Gasteiger partial charge in [-0.15, -0.1) is 0 Å². The molecule has 194 valence electrons. The van der Waals surface area contributed by atoms with E-state index in [9.17, 15) is 26.3 Å². The van der Waals surface area contributed by atoms with Crippen molar-refractivity contribution in [3.05, 3.63) is 130 Å². The molecule has 38 heavy (non-hydrogen) atoms. The molecule has 0 fully saturated rings. The van der Waals surface area contributed by atoms with E-state index in [0.29, 0.717) is 11.1 Å². The number of halogens is 6. The topological polar surface area (TPSA) is 3.24 Å². The van der Waals surface area contributed by atoms with E-state index >= 15 is 0 Å². The molecule has 0 N–H and O–H groups in total. The Hall–Kier alpha value is -4.26. The number of nitrogens with zero attached hydrogens (tertiary/aromatic N) is 1. The number of alkyl halides is 6. The Bertz CT molecular complexity index is 1280. The van der Waals surface area contributed by atoms with Gasteiger partial charge in [0.15, 0.2) is 0 Å². The standard InChI is InChI=1S/C31H23F6N/c1-38(28-18-10-24(11-19-28)4-2-22-6-14-26(15-7-22)30(32,33)34)29-20-12-25(13-21-29)5-3-23-8-16-27(17-9-23)31(35,36)37/h2-21H,1H3/b4-2+,5-3+. The van der Waals surface area contributed by atoms with E-state index < -0.39 is 23.5 Å². The van der Waals surface area contributed by atoms with Crippen LogP contribution in [0, 0.1) is 0 Å². The summed E-state index contributed by atoms with van der Waals surface area (Å²) < 4.78 is 76.2. The van der Waals surface area contributed by atoms with Crippen LogP contribution in [0.5, 0.6) is 0 Å². The Labute approximate surface area is 217 Å². The molecule has 0 aliphatic carbocycles. The predicted octanol–water partition coefficient (Wildman–Crippen LogP) is 9.83. The average Bonchev–Trinajstić information content (AvgIpc) is 2.90. The Balaban J connectivity index is 1.37. The van der Waals surface area contributed by atoms with E-state index in [1.54, 1.807) is 12.2 Å². The summed E-state index contributed by atoms with van der Waals surface area (Å²) >= 11 is 0. The van der Waals surface area contributed by atoms with Crippen molar-refractivity contribution in [2.24, 2.45) is 0 Å². The molecule has 0 amide bonds. The predicted molar refractivity (Wildman–Crippen MR) is 142 cm³/mol. The number of hydrogen-bond acceptors (Lipinski definition) is 1. The van der Waals surface area contributed by atoms with Gasteiger partial charge in [0, 0.05) is 18.4 Å². The van der Waals surface area contributed by atoms with Gasteiger partial charge >= 0.3 is 12.4 Å². The van der Waals surface area contributed by atoms with Crippen molar-refractivity contribution >= 4 is 35.7 Å². The van der Waals surface area contributed by atoms with Crippen molar-refractivity contribution in [3.8, 4) is 0 Å². The third-order valence-electron chi connectivity index (χ3n) is 5.97. The van der Waals surface area contributed by atoms with Crippen molar-refractivity contribution in [2.45, 2.75) is 12.4 Å². The first kappa shape index (κ1) is 26.8. The van der Waals surface area contributed by atoms with E-state index in [-0.39, 0.29) is 0 Å². The van der Waals surface area contributed by atoms with Crippen LogP contribution in [0.1, 0.15) is 33.4 Å². The van der Waals surface area contributed by atoms with Crippen LogP contribution >= 0.6 is 0 Å². The minimum absolute atomic E-state index is 0.673. The molecule has 0 aliphatic heterocycles. The molecule has 0 unspecified atom stereocenters. The summed E-state index contributed by atoms with van der Waals surface area (Å²) in [6.07, 6.45) is -1.51. The van der Waals surface area contributed by atoms with Gasteiger partial charge in [-0.3, -0.25) is 0 Å². The number of hydrogen-bond donors (Lipinski definition) is 0. The molecular weight excluding hydrogens is 500 g/mol. The Kier molecular flexibility index (Phi) is 7.76. The molecule has 0 atom stereocenters.